The summed E-state index contributed by atoms with van der Waals surface area (Å²) < 4.78 is 16.4. The molecule has 2 aromatic rings. The van der Waals surface area contributed by atoms with E-state index >= 15 is 0 Å². The number of methoxy groups -OCH3 is 3. The highest BCUT2D eigenvalue weighted by molar-refractivity contribution is 6.02. The quantitative estimate of drug-likeness (QED) is 0.674. The van der Waals surface area contributed by atoms with Crippen LogP contribution in [-0.4, -0.2) is 33.0 Å². The number of hydrogen-bond donors (Lipinski definition) is 1. The number of ketones is 1. The average molecular weight is 464 g/mol. The Hall–Kier alpha value is -3.28. The number of nitrogens with one attached hydrogen (secondary N) is 1. The van der Waals surface area contributed by atoms with Crippen molar-refractivity contribution in [1.29, 1.82) is 0 Å². The molecule has 0 spiro atoms. The Morgan fingerprint density at radius 1 is 0.824 bits per heavy atom. The summed E-state index contributed by atoms with van der Waals surface area (Å²) in [5, 5.41) is 3.00. The topological polar surface area (TPSA) is 73.9 Å². The molecule has 1 aliphatic carbocycles. The van der Waals surface area contributed by atoms with Gasteiger partial charge in [0.05, 0.1) is 21.3 Å². The summed E-state index contributed by atoms with van der Waals surface area (Å²) in [6.07, 6.45) is 1.22. The van der Waals surface area contributed by atoms with Crippen molar-refractivity contribution in [2.45, 2.75) is 57.3 Å². The van der Waals surface area contributed by atoms with E-state index in [2.05, 4.69) is 50.4 Å². The molecule has 0 bridgehead atoms. The molecule has 4 rings (SSSR count). The first-order chi connectivity index (χ1) is 16.2. The van der Waals surface area contributed by atoms with E-state index in [0.717, 1.165) is 22.4 Å². The van der Waals surface area contributed by atoms with Gasteiger partial charge in [-0.05, 0) is 46.6 Å². The molecule has 34 heavy (non-hydrogen) atoms. The van der Waals surface area contributed by atoms with Crippen molar-refractivity contribution in [3.8, 4) is 17.2 Å². The van der Waals surface area contributed by atoms with E-state index in [9.17, 15) is 9.59 Å². The molecule has 2 aliphatic rings. The Kier molecular flexibility index (Phi) is 6.43. The molecule has 1 N–H and O–H groups in total. The monoisotopic (exact) mass is 463 g/mol. The summed E-state index contributed by atoms with van der Waals surface area (Å²) in [4.78, 5) is 26.1. The fraction of sp³-hybridized carbons (Fsp3) is 0.429. The lowest BCUT2D eigenvalue weighted by atomic mass is 9.73. The minimum absolute atomic E-state index is 0.0429. The lowest BCUT2D eigenvalue weighted by Crippen LogP contribution is -2.38. The van der Waals surface area contributed by atoms with Crippen LogP contribution in [0.4, 0.5) is 0 Å². The molecule has 1 aliphatic heterocycles. The molecule has 0 aromatic heterocycles. The Balaban J connectivity index is 1.69. The molecular formula is C28H33NO5. The summed E-state index contributed by atoms with van der Waals surface area (Å²) in [5.74, 6) is 1.32. The van der Waals surface area contributed by atoms with Crippen molar-refractivity contribution in [2.24, 2.45) is 0 Å². The number of hydrogen-bond acceptors (Lipinski definition) is 5. The van der Waals surface area contributed by atoms with Gasteiger partial charge in [0.15, 0.2) is 17.3 Å². The van der Waals surface area contributed by atoms with E-state index in [1.807, 2.05) is 12.1 Å². The zero-order chi connectivity index (χ0) is 24.6. The molecule has 2 atom stereocenters. The SMILES string of the molecule is COc1cc(C2CC(=O)C3=C(C2)NC(=O)CC3c2ccc(C(C)(C)C)cc2)cc(OC)c1OC. The summed E-state index contributed by atoms with van der Waals surface area (Å²) in [6.45, 7) is 6.51. The standard InChI is InChI=1S/C28H33NO5/c1-28(2,3)19-9-7-16(8-10-19)20-15-25(31)29-21-11-17(12-22(30)26(20)21)18-13-23(32-4)27(34-6)24(14-18)33-5/h7-10,13-14,17,20H,11-12,15H2,1-6H3,(H,29,31). The Morgan fingerprint density at radius 3 is 1.97 bits per heavy atom. The van der Waals surface area contributed by atoms with Crippen molar-refractivity contribution in [3.63, 3.8) is 0 Å². The Bertz CT molecular complexity index is 1120. The lowest BCUT2D eigenvalue weighted by Gasteiger charge is -2.35. The highest BCUT2D eigenvalue weighted by Crippen LogP contribution is 2.46. The van der Waals surface area contributed by atoms with Crippen molar-refractivity contribution < 1.29 is 23.8 Å². The van der Waals surface area contributed by atoms with Gasteiger partial charge in [0, 0.05) is 30.0 Å². The first-order valence-corrected chi connectivity index (χ1v) is 11.6. The van der Waals surface area contributed by atoms with E-state index in [0.29, 0.717) is 30.1 Å². The van der Waals surface area contributed by atoms with Crippen LogP contribution in [0.1, 0.15) is 68.6 Å². The fourth-order valence-electron chi connectivity index (χ4n) is 5.03. The van der Waals surface area contributed by atoms with Crippen molar-refractivity contribution >= 4 is 11.7 Å². The molecule has 2 unspecified atom stereocenters. The first kappa shape index (κ1) is 23.9. The van der Waals surface area contributed by atoms with Gasteiger partial charge in [0.25, 0.3) is 0 Å². The molecule has 2 aromatic carbocycles. The number of carbonyl (C=O) groups is 2. The van der Waals surface area contributed by atoms with Crippen LogP contribution in [0.25, 0.3) is 0 Å². The first-order valence-electron chi connectivity index (χ1n) is 11.6. The molecule has 0 saturated heterocycles. The van der Waals surface area contributed by atoms with Gasteiger partial charge >= 0.3 is 0 Å². The molecule has 6 nitrogen and oxygen atoms in total. The number of benzene rings is 2. The molecule has 180 valence electrons. The molecule has 0 fully saturated rings. The predicted octanol–water partition coefficient (Wildman–Crippen LogP) is 5.01. The highest BCUT2D eigenvalue weighted by Gasteiger charge is 2.38. The van der Waals surface area contributed by atoms with Gasteiger partial charge in [-0.2, -0.15) is 0 Å². The van der Waals surface area contributed by atoms with Crippen LogP contribution in [0, 0.1) is 0 Å². The zero-order valence-corrected chi connectivity index (χ0v) is 20.8. The van der Waals surface area contributed by atoms with Crippen LogP contribution in [0.15, 0.2) is 47.7 Å². The van der Waals surface area contributed by atoms with Crippen LogP contribution in [0.5, 0.6) is 17.2 Å². The number of allylic oxidation sites excluding steroid dienone is 2. The van der Waals surface area contributed by atoms with Crippen LogP contribution < -0.4 is 19.5 Å². The second kappa shape index (κ2) is 9.16. The number of ether oxygens (including phenoxy) is 3. The maximum Gasteiger partial charge on any atom is 0.225 e. The second-order valence-electron chi connectivity index (χ2n) is 10.1. The van der Waals surface area contributed by atoms with Crippen molar-refractivity contribution in [2.75, 3.05) is 21.3 Å². The van der Waals surface area contributed by atoms with Crippen LogP contribution in [0.3, 0.4) is 0 Å². The number of Topliss-reactive ketones (excluding diaryl/α,β-unsaturated/α-hetero) is 1. The largest absolute Gasteiger partial charge is 0.493 e. The van der Waals surface area contributed by atoms with Crippen LogP contribution in [0.2, 0.25) is 0 Å². The summed E-state index contributed by atoms with van der Waals surface area (Å²) in [6, 6.07) is 12.1. The summed E-state index contributed by atoms with van der Waals surface area (Å²) >= 11 is 0. The van der Waals surface area contributed by atoms with Gasteiger partial charge in [-0.15, -0.1) is 0 Å². The van der Waals surface area contributed by atoms with Gasteiger partial charge in [-0.1, -0.05) is 45.0 Å². The van der Waals surface area contributed by atoms with Crippen molar-refractivity contribution in [1.82, 2.24) is 5.32 Å². The maximum atomic E-state index is 13.5. The Morgan fingerprint density at radius 2 is 1.44 bits per heavy atom. The highest BCUT2D eigenvalue weighted by atomic mass is 16.5. The third kappa shape index (κ3) is 4.41. The van der Waals surface area contributed by atoms with Gasteiger partial charge < -0.3 is 19.5 Å². The molecular weight excluding hydrogens is 430 g/mol. The van der Waals surface area contributed by atoms with Crippen LogP contribution in [-0.2, 0) is 15.0 Å². The van der Waals surface area contributed by atoms with E-state index in [-0.39, 0.29) is 35.4 Å². The average Bonchev–Trinajstić information content (AvgIpc) is 2.81. The third-order valence-electron chi connectivity index (χ3n) is 6.87. The third-order valence-corrected chi connectivity index (χ3v) is 6.87. The fourth-order valence-corrected chi connectivity index (χ4v) is 5.03. The van der Waals surface area contributed by atoms with E-state index in [1.165, 1.54) is 5.56 Å². The smallest absolute Gasteiger partial charge is 0.225 e. The van der Waals surface area contributed by atoms with Gasteiger partial charge in [-0.3, -0.25) is 9.59 Å². The normalized spacial score (nSPS) is 20.5. The second-order valence-corrected chi connectivity index (χ2v) is 10.1. The number of amides is 1. The summed E-state index contributed by atoms with van der Waals surface area (Å²) in [5.41, 5.74) is 4.67. The minimum Gasteiger partial charge on any atom is -0.493 e. The summed E-state index contributed by atoms with van der Waals surface area (Å²) in [7, 11) is 4.71. The predicted molar refractivity (Wildman–Crippen MR) is 131 cm³/mol. The zero-order valence-electron chi connectivity index (χ0n) is 20.8. The molecule has 1 amide bonds. The van der Waals surface area contributed by atoms with Gasteiger partial charge in [0.2, 0.25) is 11.7 Å². The number of carbonyl (C=O) groups excluding carboxylic acids is 2. The number of rotatable bonds is 5. The van der Waals surface area contributed by atoms with Crippen molar-refractivity contribution in [3.05, 3.63) is 64.4 Å². The van der Waals surface area contributed by atoms with E-state index in [1.54, 1.807) is 21.3 Å². The minimum atomic E-state index is -0.217. The Labute approximate surface area is 201 Å². The van der Waals surface area contributed by atoms with Crippen LogP contribution >= 0.6 is 0 Å². The molecule has 6 heteroatoms. The lowest BCUT2D eigenvalue weighted by molar-refractivity contribution is -0.122. The maximum absolute atomic E-state index is 13.5. The van der Waals surface area contributed by atoms with E-state index < -0.39 is 0 Å². The molecule has 0 radical (unpaired) electrons. The molecule has 1 heterocycles. The van der Waals surface area contributed by atoms with Gasteiger partial charge in [-0.25, -0.2) is 0 Å². The van der Waals surface area contributed by atoms with E-state index in [4.69, 9.17) is 14.2 Å². The van der Waals surface area contributed by atoms with Gasteiger partial charge in [0.1, 0.15) is 0 Å². The molecule has 0 saturated carbocycles.